The first-order chi connectivity index (χ1) is 13.0. The van der Waals surface area contributed by atoms with E-state index in [1.807, 2.05) is 6.07 Å². The normalized spacial score (nSPS) is 16.3. The monoisotopic (exact) mass is 432 g/mol. The Labute approximate surface area is 164 Å². The van der Waals surface area contributed by atoms with E-state index in [4.69, 9.17) is 9.47 Å². The third-order valence-corrected chi connectivity index (χ3v) is 5.31. The molecule has 1 aliphatic rings. The zero-order valence-electron chi connectivity index (χ0n) is 14.7. The van der Waals surface area contributed by atoms with Crippen LogP contribution >= 0.6 is 15.9 Å². The smallest absolute Gasteiger partial charge is 0.337 e. The van der Waals surface area contributed by atoms with Gasteiger partial charge in [-0.1, -0.05) is 22.0 Å². The molecule has 0 spiro atoms. The van der Waals surface area contributed by atoms with Gasteiger partial charge in [0, 0.05) is 34.1 Å². The predicted molar refractivity (Wildman–Crippen MR) is 102 cm³/mol. The van der Waals surface area contributed by atoms with Crippen LogP contribution in [0.15, 0.2) is 40.9 Å². The van der Waals surface area contributed by atoms with Gasteiger partial charge in [-0.25, -0.2) is 9.18 Å². The standard InChI is InChI=1S/C20H18BrFN2O3/c1-26-20(25)12-3-5-18-16(8-12)19(10-15-6-7-27-15)24(23-18)11-13-2-4-14(21)9-17(13)22/h2-5,8-9,15H,6-7,10-11H2,1H3. The molecule has 7 heteroatoms. The van der Waals surface area contributed by atoms with E-state index in [0.29, 0.717) is 28.6 Å². The number of methoxy groups -OCH3 is 1. The molecule has 0 N–H and O–H groups in total. The van der Waals surface area contributed by atoms with Crippen molar-refractivity contribution in [2.75, 3.05) is 13.7 Å². The van der Waals surface area contributed by atoms with E-state index in [9.17, 15) is 9.18 Å². The van der Waals surface area contributed by atoms with Gasteiger partial charge in [-0.2, -0.15) is 5.10 Å². The number of aromatic nitrogens is 2. The van der Waals surface area contributed by atoms with Gasteiger partial charge in [0.25, 0.3) is 0 Å². The fourth-order valence-electron chi connectivity index (χ4n) is 3.25. The van der Waals surface area contributed by atoms with Crippen LogP contribution in [0.4, 0.5) is 4.39 Å². The minimum atomic E-state index is -0.394. The Bertz CT molecular complexity index is 1010. The lowest BCUT2D eigenvalue weighted by atomic mass is 10.0. The van der Waals surface area contributed by atoms with E-state index in [1.54, 1.807) is 28.9 Å². The Hall–Kier alpha value is -2.25. The van der Waals surface area contributed by atoms with Gasteiger partial charge in [-0.05, 0) is 36.8 Å². The minimum Gasteiger partial charge on any atom is -0.465 e. The number of hydrogen-bond donors (Lipinski definition) is 0. The molecule has 140 valence electrons. The van der Waals surface area contributed by atoms with Crippen LogP contribution in [0.3, 0.4) is 0 Å². The third-order valence-electron chi connectivity index (χ3n) is 4.82. The first kappa shape index (κ1) is 18.1. The number of carbonyl (C=O) groups is 1. The van der Waals surface area contributed by atoms with Crippen LogP contribution in [0.25, 0.3) is 10.9 Å². The highest BCUT2D eigenvalue weighted by Crippen LogP contribution is 2.27. The molecule has 2 aromatic carbocycles. The number of rotatable bonds is 5. The van der Waals surface area contributed by atoms with Gasteiger partial charge in [0.15, 0.2) is 0 Å². The lowest BCUT2D eigenvalue weighted by molar-refractivity contribution is -0.0499. The molecule has 0 amide bonds. The molecular formula is C20H18BrFN2O3. The Morgan fingerprint density at radius 3 is 2.85 bits per heavy atom. The maximum absolute atomic E-state index is 14.3. The van der Waals surface area contributed by atoms with E-state index in [1.165, 1.54) is 13.2 Å². The van der Waals surface area contributed by atoms with Gasteiger partial charge in [0.05, 0.1) is 30.8 Å². The maximum atomic E-state index is 14.3. The summed E-state index contributed by atoms with van der Waals surface area (Å²) in [4.78, 5) is 11.9. The third kappa shape index (κ3) is 3.61. The molecule has 1 unspecified atom stereocenters. The van der Waals surface area contributed by atoms with E-state index >= 15 is 0 Å². The average Bonchev–Trinajstić information content (AvgIpc) is 2.96. The topological polar surface area (TPSA) is 53.3 Å². The molecule has 0 aliphatic carbocycles. The van der Waals surface area contributed by atoms with Gasteiger partial charge in [-0.15, -0.1) is 0 Å². The van der Waals surface area contributed by atoms with Crippen LogP contribution in [0.5, 0.6) is 0 Å². The van der Waals surface area contributed by atoms with Crippen molar-refractivity contribution in [1.82, 2.24) is 9.78 Å². The van der Waals surface area contributed by atoms with Crippen molar-refractivity contribution in [2.45, 2.75) is 25.5 Å². The highest BCUT2D eigenvalue weighted by molar-refractivity contribution is 9.10. The minimum absolute atomic E-state index is 0.125. The predicted octanol–water partition coefficient (Wildman–Crippen LogP) is 4.10. The molecule has 1 aliphatic heterocycles. The van der Waals surface area contributed by atoms with Crippen LogP contribution < -0.4 is 0 Å². The van der Waals surface area contributed by atoms with Crippen LogP contribution in [-0.4, -0.2) is 35.6 Å². The Morgan fingerprint density at radius 1 is 1.37 bits per heavy atom. The highest BCUT2D eigenvalue weighted by Gasteiger charge is 2.23. The van der Waals surface area contributed by atoms with Gasteiger partial charge < -0.3 is 9.47 Å². The van der Waals surface area contributed by atoms with Gasteiger partial charge >= 0.3 is 5.97 Å². The van der Waals surface area contributed by atoms with E-state index in [0.717, 1.165) is 29.6 Å². The largest absolute Gasteiger partial charge is 0.465 e. The summed E-state index contributed by atoms with van der Waals surface area (Å²) in [5.74, 6) is -0.681. The summed E-state index contributed by atoms with van der Waals surface area (Å²) in [5, 5.41) is 5.51. The first-order valence-corrected chi connectivity index (χ1v) is 9.47. The van der Waals surface area contributed by atoms with Crippen LogP contribution in [-0.2, 0) is 22.4 Å². The maximum Gasteiger partial charge on any atom is 0.337 e. The molecule has 5 nitrogen and oxygen atoms in total. The molecule has 1 fully saturated rings. The van der Waals surface area contributed by atoms with Crippen molar-refractivity contribution in [1.29, 1.82) is 0 Å². The molecule has 0 saturated carbocycles. The van der Waals surface area contributed by atoms with Crippen LogP contribution in [0.1, 0.15) is 28.0 Å². The molecule has 1 saturated heterocycles. The summed E-state index contributed by atoms with van der Waals surface area (Å²) in [7, 11) is 1.36. The number of benzene rings is 2. The van der Waals surface area contributed by atoms with Crippen molar-refractivity contribution in [3.8, 4) is 0 Å². The number of nitrogens with zero attached hydrogens (tertiary/aromatic N) is 2. The van der Waals surface area contributed by atoms with Crippen molar-refractivity contribution in [3.05, 3.63) is 63.5 Å². The Balaban J connectivity index is 1.77. The number of halogens is 2. The van der Waals surface area contributed by atoms with Crippen LogP contribution in [0, 0.1) is 5.82 Å². The number of carbonyl (C=O) groups excluding carboxylic acids is 1. The molecule has 0 radical (unpaired) electrons. The molecule has 3 aromatic rings. The zero-order chi connectivity index (χ0) is 19.0. The highest BCUT2D eigenvalue weighted by atomic mass is 79.9. The Kier molecular flexibility index (Phi) is 4.97. The number of fused-ring (bicyclic) bond motifs is 1. The molecular weight excluding hydrogens is 415 g/mol. The van der Waals surface area contributed by atoms with Gasteiger partial charge in [0.2, 0.25) is 0 Å². The van der Waals surface area contributed by atoms with Gasteiger partial charge in [0.1, 0.15) is 5.82 Å². The van der Waals surface area contributed by atoms with E-state index in [2.05, 4.69) is 21.0 Å². The first-order valence-electron chi connectivity index (χ1n) is 8.68. The number of hydrogen-bond acceptors (Lipinski definition) is 4. The lowest BCUT2D eigenvalue weighted by Crippen LogP contribution is -2.30. The second kappa shape index (κ2) is 7.40. The van der Waals surface area contributed by atoms with Crippen LogP contribution in [0.2, 0.25) is 0 Å². The fourth-order valence-corrected chi connectivity index (χ4v) is 3.58. The number of esters is 1. The lowest BCUT2D eigenvalue weighted by Gasteiger charge is -2.26. The summed E-state index contributed by atoms with van der Waals surface area (Å²) in [6.07, 6.45) is 1.77. The van der Waals surface area contributed by atoms with Crippen molar-refractivity contribution in [2.24, 2.45) is 0 Å². The molecule has 4 rings (SSSR count). The molecule has 1 atom stereocenters. The van der Waals surface area contributed by atoms with Crippen molar-refractivity contribution in [3.63, 3.8) is 0 Å². The summed E-state index contributed by atoms with van der Waals surface area (Å²) in [6.45, 7) is 1.06. The fraction of sp³-hybridized carbons (Fsp3) is 0.300. The molecule has 27 heavy (non-hydrogen) atoms. The second-order valence-corrected chi connectivity index (χ2v) is 7.46. The quantitative estimate of drug-likeness (QED) is 0.569. The zero-order valence-corrected chi connectivity index (χ0v) is 16.3. The summed E-state index contributed by atoms with van der Waals surface area (Å²) in [5.41, 5.74) is 2.71. The van der Waals surface area contributed by atoms with Crippen molar-refractivity contribution >= 4 is 32.8 Å². The summed E-state index contributed by atoms with van der Waals surface area (Å²) < 4.78 is 27.2. The molecule has 0 bridgehead atoms. The average molecular weight is 433 g/mol. The summed E-state index contributed by atoms with van der Waals surface area (Å²) >= 11 is 3.28. The van der Waals surface area contributed by atoms with E-state index in [-0.39, 0.29) is 11.9 Å². The van der Waals surface area contributed by atoms with Crippen molar-refractivity contribution < 1.29 is 18.7 Å². The molecule has 1 aromatic heterocycles. The van der Waals surface area contributed by atoms with Gasteiger partial charge in [-0.3, -0.25) is 4.68 Å². The van der Waals surface area contributed by atoms with E-state index < -0.39 is 5.97 Å². The Morgan fingerprint density at radius 2 is 2.19 bits per heavy atom. The second-order valence-electron chi connectivity index (χ2n) is 6.55. The number of ether oxygens (including phenoxy) is 2. The summed E-state index contributed by atoms with van der Waals surface area (Å²) in [6, 6.07) is 10.3. The molecule has 2 heterocycles. The SMILES string of the molecule is COC(=O)c1ccc2nn(Cc3ccc(Br)cc3F)c(CC3CCO3)c2c1.